The van der Waals surface area contributed by atoms with Crippen LogP contribution < -0.4 is 0 Å². The first-order chi connectivity index (χ1) is 6.92. The predicted molar refractivity (Wildman–Crippen MR) is 57.0 cm³/mol. The molecular formula is C12H12O2. The van der Waals surface area contributed by atoms with E-state index >= 15 is 0 Å². The number of fused-ring (bicyclic) bond motifs is 1. The minimum atomic E-state index is 0.187. The molecule has 0 aliphatic carbocycles. The Labute approximate surface area is 82.5 Å². The van der Waals surface area contributed by atoms with Crippen molar-refractivity contribution in [3.05, 3.63) is 42.2 Å². The van der Waals surface area contributed by atoms with E-state index < -0.39 is 0 Å². The van der Waals surface area contributed by atoms with Gasteiger partial charge in [-0.3, -0.25) is 0 Å². The van der Waals surface area contributed by atoms with Gasteiger partial charge in [-0.1, -0.05) is 30.4 Å². The number of para-hydroxylation sites is 1. The van der Waals surface area contributed by atoms with E-state index in [-0.39, 0.29) is 6.61 Å². The van der Waals surface area contributed by atoms with E-state index in [1.807, 2.05) is 36.4 Å². The van der Waals surface area contributed by atoms with Crippen molar-refractivity contribution >= 4 is 17.0 Å². The van der Waals surface area contributed by atoms with Crippen LogP contribution in [0.1, 0.15) is 12.0 Å². The molecule has 0 aliphatic rings. The van der Waals surface area contributed by atoms with Gasteiger partial charge in [-0.2, -0.15) is 0 Å². The van der Waals surface area contributed by atoms with Crippen LogP contribution in [-0.4, -0.2) is 11.7 Å². The maximum absolute atomic E-state index is 8.63. The third-order valence-corrected chi connectivity index (χ3v) is 2.10. The Hall–Kier alpha value is -1.54. The second kappa shape index (κ2) is 4.11. The SMILES string of the molecule is OCCC=Cc1coc2ccccc12. The van der Waals surface area contributed by atoms with Crippen LogP contribution in [0.15, 0.2) is 41.0 Å². The van der Waals surface area contributed by atoms with Gasteiger partial charge in [-0.15, -0.1) is 0 Å². The van der Waals surface area contributed by atoms with Crippen LogP contribution in [0.4, 0.5) is 0 Å². The summed E-state index contributed by atoms with van der Waals surface area (Å²) in [6, 6.07) is 7.91. The van der Waals surface area contributed by atoms with Gasteiger partial charge in [-0.05, 0) is 12.5 Å². The Bertz CT molecular complexity index is 440. The Balaban J connectivity index is 2.34. The number of benzene rings is 1. The Morgan fingerprint density at radius 1 is 1.29 bits per heavy atom. The highest BCUT2D eigenvalue weighted by molar-refractivity contribution is 5.86. The highest BCUT2D eigenvalue weighted by atomic mass is 16.3. The summed E-state index contributed by atoms with van der Waals surface area (Å²) in [6.07, 6.45) is 6.33. The van der Waals surface area contributed by atoms with Crippen LogP contribution >= 0.6 is 0 Å². The molecule has 0 fully saturated rings. The molecule has 72 valence electrons. The van der Waals surface area contributed by atoms with Crippen molar-refractivity contribution in [3.8, 4) is 0 Å². The molecule has 0 bridgehead atoms. The second-order valence-corrected chi connectivity index (χ2v) is 3.10. The average Bonchev–Trinajstić information content (AvgIpc) is 2.63. The normalized spacial score (nSPS) is 11.5. The standard InChI is InChI=1S/C12H12O2/c13-8-4-3-5-10-9-14-12-7-2-1-6-11(10)12/h1-3,5-7,9,13H,4,8H2. The van der Waals surface area contributed by atoms with Gasteiger partial charge in [0.05, 0.1) is 6.26 Å². The monoisotopic (exact) mass is 188 g/mol. The molecule has 1 aromatic carbocycles. The van der Waals surface area contributed by atoms with Gasteiger partial charge in [0.1, 0.15) is 5.58 Å². The highest BCUT2D eigenvalue weighted by Crippen LogP contribution is 2.21. The Morgan fingerprint density at radius 3 is 3.00 bits per heavy atom. The molecule has 2 nitrogen and oxygen atoms in total. The Kier molecular flexibility index (Phi) is 2.65. The molecular weight excluding hydrogens is 176 g/mol. The van der Waals surface area contributed by atoms with Gasteiger partial charge >= 0.3 is 0 Å². The lowest BCUT2D eigenvalue weighted by Crippen LogP contribution is -1.75. The summed E-state index contributed by atoms with van der Waals surface area (Å²) in [7, 11) is 0. The van der Waals surface area contributed by atoms with Gasteiger partial charge in [0.2, 0.25) is 0 Å². The largest absolute Gasteiger partial charge is 0.464 e. The predicted octanol–water partition coefficient (Wildman–Crippen LogP) is 2.83. The third kappa shape index (κ3) is 1.70. The second-order valence-electron chi connectivity index (χ2n) is 3.10. The molecule has 1 heterocycles. The van der Waals surface area contributed by atoms with Crippen molar-refractivity contribution in [1.29, 1.82) is 0 Å². The van der Waals surface area contributed by atoms with Gasteiger partial charge < -0.3 is 9.52 Å². The first-order valence-corrected chi connectivity index (χ1v) is 4.65. The molecule has 0 radical (unpaired) electrons. The van der Waals surface area contributed by atoms with E-state index in [1.54, 1.807) is 6.26 Å². The number of rotatable bonds is 3. The van der Waals surface area contributed by atoms with Crippen molar-refractivity contribution < 1.29 is 9.52 Å². The number of aliphatic hydroxyl groups is 1. The molecule has 0 saturated carbocycles. The zero-order valence-electron chi connectivity index (χ0n) is 7.81. The van der Waals surface area contributed by atoms with E-state index in [4.69, 9.17) is 9.52 Å². The number of hydrogen-bond acceptors (Lipinski definition) is 2. The summed E-state index contributed by atoms with van der Waals surface area (Å²) >= 11 is 0. The quantitative estimate of drug-likeness (QED) is 0.803. The van der Waals surface area contributed by atoms with Crippen LogP contribution in [0.25, 0.3) is 17.0 Å². The number of aliphatic hydroxyl groups excluding tert-OH is 1. The lowest BCUT2D eigenvalue weighted by molar-refractivity contribution is 0.303. The van der Waals surface area contributed by atoms with Crippen LogP contribution in [-0.2, 0) is 0 Å². The van der Waals surface area contributed by atoms with Crippen molar-refractivity contribution in [3.63, 3.8) is 0 Å². The molecule has 0 amide bonds. The number of hydrogen-bond donors (Lipinski definition) is 1. The van der Waals surface area contributed by atoms with Crippen LogP contribution in [0, 0.1) is 0 Å². The zero-order chi connectivity index (χ0) is 9.80. The van der Waals surface area contributed by atoms with E-state index in [0.717, 1.165) is 16.5 Å². The van der Waals surface area contributed by atoms with Crippen molar-refractivity contribution in [2.45, 2.75) is 6.42 Å². The fraction of sp³-hybridized carbons (Fsp3) is 0.167. The van der Waals surface area contributed by atoms with E-state index in [0.29, 0.717) is 6.42 Å². The van der Waals surface area contributed by atoms with E-state index in [1.165, 1.54) is 0 Å². The first-order valence-electron chi connectivity index (χ1n) is 4.65. The van der Waals surface area contributed by atoms with Gasteiger partial charge in [0.25, 0.3) is 0 Å². The summed E-state index contributed by atoms with van der Waals surface area (Å²) < 4.78 is 5.37. The van der Waals surface area contributed by atoms with Gasteiger partial charge in [-0.25, -0.2) is 0 Å². The first kappa shape index (κ1) is 9.03. The maximum atomic E-state index is 8.63. The molecule has 0 unspecified atom stereocenters. The highest BCUT2D eigenvalue weighted by Gasteiger charge is 2.00. The Morgan fingerprint density at radius 2 is 2.14 bits per heavy atom. The van der Waals surface area contributed by atoms with Gasteiger partial charge in [0.15, 0.2) is 0 Å². The lowest BCUT2D eigenvalue weighted by atomic mass is 10.1. The van der Waals surface area contributed by atoms with E-state index in [9.17, 15) is 0 Å². The van der Waals surface area contributed by atoms with Crippen LogP contribution in [0.2, 0.25) is 0 Å². The molecule has 0 aliphatic heterocycles. The molecule has 0 spiro atoms. The van der Waals surface area contributed by atoms with Crippen molar-refractivity contribution in [2.24, 2.45) is 0 Å². The van der Waals surface area contributed by atoms with Gasteiger partial charge in [0, 0.05) is 17.6 Å². The fourth-order valence-corrected chi connectivity index (χ4v) is 1.41. The summed E-state index contributed by atoms with van der Waals surface area (Å²) in [5.74, 6) is 0. The third-order valence-electron chi connectivity index (χ3n) is 2.10. The molecule has 14 heavy (non-hydrogen) atoms. The number of furan rings is 1. The molecule has 2 rings (SSSR count). The lowest BCUT2D eigenvalue weighted by Gasteiger charge is -1.88. The fourth-order valence-electron chi connectivity index (χ4n) is 1.41. The zero-order valence-corrected chi connectivity index (χ0v) is 7.81. The van der Waals surface area contributed by atoms with E-state index in [2.05, 4.69) is 0 Å². The summed E-state index contributed by atoms with van der Waals surface area (Å²) in [5, 5.41) is 9.75. The van der Waals surface area contributed by atoms with Crippen molar-refractivity contribution in [2.75, 3.05) is 6.61 Å². The molecule has 2 aromatic rings. The molecule has 0 atom stereocenters. The maximum Gasteiger partial charge on any atom is 0.134 e. The minimum absolute atomic E-state index is 0.187. The molecule has 0 saturated heterocycles. The smallest absolute Gasteiger partial charge is 0.134 e. The topological polar surface area (TPSA) is 33.4 Å². The van der Waals surface area contributed by atoms with Crippen LogP contribution in [0.5, 0.6) is 0 Å². The molecule has 1 N–H and O–H groups in total. The minimum Gasteiger partial charge on any atom is -0.464 e. The summed E-state index contributed by atoms with van der Waals surface area (Å²) in [4.78, 5) is 0. The average molecular weight is 188 g/mol. The summed E-state index contributed by atoms with van der Waals surface area (Å²) in [6.45, 7) is 0.187. The summed E-state index contributed by atoms with van der Waals surface area (Å²) in [5.41, 5.74) is 1.96. The van der Waals surface area contributed by atoms with Crippen molar-refractivity contribution in [1.82, 2.24) is 0 Å². The molecule has 2 heteroatoms. The molecule has 1 aromatic heterocycles. The van der Waals surface area contributed by atoms with Crippen LogP contribution in [0.3, 0.4) is 0 Å².